The number of benzene rings is 2. The molecule has 2 aromatic rings. The van der Waals surface area contributed by atoms with Crippen LogP contribution in [0.2, 0.25) is 0 Å². The molecule has 1 aliphatic heterocycles. The molecule has 0 aliphatic carbocycles. The molecule has 0 saturated heterocycles. The zero-order valence-electron chi connectivity index (χ0n) is 12.6. The summed E-state index contributed by atoms with van der Waals surface area (Å²) in [5, 5.41) is 19.2. The number of hydrogen-bond acceptors (Lipinski definition) is 2. The number of aliphatic hydroxyl groups is 1. The minimum absolute atomic E-state index is 0.0428. The number of carbonyl (C=O) groups is 1. The molecule has 2 atom stereocenters. The lowest BCUT2D eigenvalue weighted by Gasteiger charge is -2.28. The molecule has 2 N–H and O–H groups in total. The molecule has 124 valence electrons. The molecule has 1 amide bonds. The molecule has 24 heavy (non-hydrogen) atoms. The molecule has 1 heterocycles. The first-order valence-electron chi connectivity index (χ1n) is 7.37. The van der Waals surface area contributed by atoms with Crippen molar-refractivity contribution in [2.45, 2.75) is 12.1 Å². The second-order valence-electron chi connectivity index (χ2n) is 5.49. The van der Waals surface area contributed by atoms with Gasteiger partial charge in [0.15, 0.2) is 0 Å². The second kappa shape index (κ2) is 6.41. The maximum Gasteiger partial charge on any atom is 0.408 e. The predicted molar refractivity (Wildman–Crippen MR) is 84.3 cm³/mol. The van der Waals surface area contributed by atoms with E-state index in [1.54, 1.807) is 36.4 Å². The van der Waals surface area contributed by atoms with Gasteiger partial charge in [0, 0.05) is 5.56 Å². The minimum atomic E-state index is -1.24. The third-order valence-corrected chi connectivity index (χ3v) is 4.11. The van der Waals surface area contributed by atoms with Gasteiger partial charge < -0.3 is 10.2 Å². The molecule has 0 aromatic heterocycles. The molecule has 1 aliphatic rings. The van der Waals surface area contributed by atoms with Crippen molar-refractivity contribution < 1.29 is 23.8 Å². The van der Waals surface area contributed by atoms with E-state index in [0.717, 1.165) is 23.1 Å². The van der Waals surface area contributed by atoms with Crippen LogP contribution < -0.4 is 0 Å². The lowest BCUT2D eigenvalue weighted by molar-refractivity contribution is 0.109. The normalized spacial score (nSPS) is 20.1. The molecule has 0 bridgehead atoms. The number of amides is 1. The highest BCUT2D eigenvalue weighted by molar-refractivity contribution is 5.80. The highest BCUT2D eigenvalue weighted by atomic mass is 19.1. The monoisotopic (exact) mass is 331 g/mol. The van der Waals surface area contributed by atoms with E-state index < -0.39 is 36.4 Å². The third-order valence-electron chi connectivity index (χ3n) is 4.11. The molecule has 4 nitrogen and oxygen atoms in total. The average molecular weight is 331 g/mol. The van der Waals surface area contributed by atoms with Crippen molar-refractivity contribution in [1.29, 1.82) is 0 Å². The van der Waals surface area contributed by atoms with Crippen LogP contribution in [0.4, 0.5) is 13.6 Å². The highest BCUT2D eigenvalue weighted by Gasteiger charge is 2.39. The molecule has 2 aromatic carbocycles. The number of hydrogen-bond donors (Lipinski definition) is 2. The lowest BCUT2D eigenvalue weighted by atomic mass is 9.99. The zero-order chi connectivity index (χ0) is 17.3. The van der Waals surface area contributed by atoms with Crippen LogP contribution in [0.3, 0.4) is 0 Å². The van der Waals surface area contributed by atoms with Crippen molar-refractivity contribution in [2.75, 3.05) is 6.61 Å². The van der Waals surface area contributed by atoms with Gasteiger partial charge in [-0.1, -0.05) is 36.4 Å². The van der Waals surface area contributed by atoms with Crippen LogP contribution >= 0.6 is 0 Å². The van der Waals surface area contributed by atoms with Crippen LogP contribution in [0.1, 0.15) is 17.2 Å². The van der Waals surface area contributed by atoms with Gasteiger partial charge in [-0.25, -0.2) is 13.6 Å². The third kappa shape index (κ3) is 2.76. The van der Waals surface area contributed by atoms with Crippen molar-refractivity contribution in [3.63, 3.8) is 0 Å². The van der Waals surface area contributed by atoms with Gasteiger partial charge in [0.25, 0.3) is 0 Å². The number of nitrogens with zero attached hydrogens (tertiary/aromatic N) is 1. The highest BCUT2D eigenvalue weighted by Crippen LogP contribution is 2.40. The number of aliphatic hydroxyl groups excluding tert-OH is 1. The molecule has 1 unspecified atom stereocenters. The van der Waals surface area contributed by atoms with Gasteiger partial charge in [-0.05, 0) is 29.3 Å². The second-order valence-corrected chi connectivity index (χ2v) is 5.49. The summed E-state index contributed by atoms with van der Waals surface area (Å²) in [6.07, 6.45) is 0.313. The standard InChI is InChI=1S/C18H15F2NO3/c19-12-6-7-15(20)13(8-12)14-9-16(11-4-2-1-3-5-11)21(18(23)24)17(14)10-22/h1-9,16-17,22H,10H2,(H,23,24)/t16-,17?/m0/s1. The molecule has 0 radical (unpaired) electrons. The van der Waals surface area contributed by atoms with E-state index in [0.29, 0.717) is 5.56 Å². The van der Waals surface area contributed by atoms with Crippen molar-refractivity contribution >= 4 is 11.7 Å². The van der Waals surface area contributed by atoms with Crippen molar-refractivity contribution in [3.8, 4) is 0 Å². The summed E-state index contributed by atoms with van der Waals surface area (Å²) in [5.41, 5.74) is 0.898. The SMILES string of the molecule is O=C(O)N1C(CO)C(c2cc(F)ccc2F)=C[C@H]1c1ccccc1. The molecule has 0 fully saturated rings. The molecular weight excluding hydrogens is 316 g/mol. The van der Waals surface area contributed by atoms with Gasteiger partial charge in [-0.2, -0.15) is 0 Å². The van der Waals surface area contributed by atoms with Crippen molar-refractivity contribution in [3.05, 3.63) is 77.4 Å². The predicted octanol–water partition coefficient (Wildman–Crippen LogP) is 3.44. The summed E-state index contributed by atoms with van der Waals surface area (Å²) >= 11 is 0. The van der Waals surface area contributed by atoms with Crippen LogP contribution in [0.15, 0.2) is 54.6 Å². The molecular formula is C18H15F2NO3. The first-order valence-corrected chi connectivity index (χ1v) is 7.37. The minimum Gasteiger partial charge on any atom is -0.465 e. The van der Waals surface area contributed by atoms with Crippen molar-refractivity contribution in [1.82, 2.24) is 4.90 Å². The van der Waals surface area contributed by atoms with E-state index in [-0.39, 0.29) is 11.1 Å². The Kier molecular flexibility index (Phi) is 4.31. The fourth-order valence-corrected chi connectivity index (χ4v) is 3.04. The molecule has 6 heteroatoms. The maximum absolute atomic E-state index is 14.1. The Balaban J connectivity index is 2.13. The van der Waals surface area contributed by atoms with Gasteiger partial charge in [0.1, 0.15) is 11.6 Å². The van der Waals surface area contributed by atoms with E-state index in [9.17, 15) is 23.8 Å². The van der Waals surface area contributed by atoms with Crippen molar-refractivity contribution in [2.24, 2.45) is 0 Å². The summed E-state index contributed by atoms with van der Waals surface area (Å²) in [5.74, 6) is -1.30. The summed E-state index contributed by atoms with van der Waals surface area (Å²) in [7, 11) is 0. The Bertz CT molecular complexity index is 792. The van der Waals surface area contributed by atoms with E-state index in [1.807, 2.05) is 0 Å². The number of carboxylic acid groups (broad SMARTS) is 1. The van der Waals surface area contributed by atoms with E-state index in [1.165, 1.54) is 0 Å². The Morgan fingerprint density at radius 2 is 1.83 bits per heavy atom. The van der Waals surface area contributed by atoms with Gasteiger partial charge in [0.05, 0.1) is 18.7 Å². The van der Waals surface area contributed by atoms with Gasteiger partial charge in [-0.3, -0.25) is 4.90 Å². The average Bonchev–Trinajstić information content (AvgIpc) is 2.97. The van der Waals surface area contributed by atoms with Crippen LogP contribution in [-0.2, 0) is 0 Å². The van der Waals surface area contributed by atoms with Crippen LogP contribution in [0, 0.1) is 11.6 Å². The summed E-state index contributed by atoms with van der Waals surface area (Å²) in [6.45, 7) is -0.530. The number of rotatable bonds is 3. The van der Waals surface area contributed by atoms with Gasteiger partial charge in [0.2, 0.25) is 0 Å². The Hall–Kier alpha value is -2.73. The summed E-state index contributed by atoms with van der Waals surface area (Å²) in [4.78, 5) is 12.7. The summed E-state index contributed by atoms with van der Waals surface area (Å²) < 4.78 is 27.7. The van der Waals surface area contributed by atoms with E-state index in [2.05, 4.69) is 0 Å². The quantitative estimate of drug-likeness (QED) is 0.906. The zero-order valence-corrected chi connectivity index (χ0v) is 12.6. The Labute approximate surface area is 137 Å². The van der Waals surface area contributed by atoms with Crippen LogP contribution in [0.25, 0.3) is 5.57 Å². The fourth-order valence-electron chi connectivity index (χ4n) is 3.04. The molecule has 0 saturated carbocycles. The first-order chi connectivity index (χ1) is 11.5. The first kappa shape index (κ1) is 16.1. The Morgan fingerprint density at radius 3 is 2.46 bits per heavy atom. The molecule has 3 rings (SSSR count). The topological polar surface area (TPSA) is 60.8 Å². The van der Waals surface area contributed by atoms with Crippen LogP contribution in [-0.4, -0.2) is 33.9 Å². The summed E-state index contributed by atoms with van der Waals surface area (Å²) in [6, 6.07) is 10.2. The van der Waals surface area contributed by atoms with Crippen LogP contribution in [0.5, 0.6) is 0 Å². The lowest BCUT2D eigenvalue weighted by Crippen LogP contribution is -2.40. The number of halogens is 2. The smallest absolute Gasteiger partial charge is 0.408 e. The van der Waals surface area contributed by atoms with E-state index in [4.69, 9.17) is 0 Å². The van der Waals surface area contributed by atoms with Gasteiger partial charge in [-0.15, -0.1) is 0 Å². The van der Waals surface area contributed by atoms with E-state index >= 15 is 0 Å². The Morgan fingerprint density at radius 1 is 1.12 bits per heavy atom. The van der Waals surface area contributed by atoms with Gasteiger partial charge >= 0.3 is 6.09 Å². The maximum atomic E-state index is 14.1. The largest absolute Gasteiger partial charge is 0.465 e. The molecule has 0 spiro atoms. The fraction of sp³-hybridized carbons (Fsp3) is 0.167.